The minimum atomic E-state index is -0.291. The first kappa shape index (κ1) is 12.2. The maximum atomic E-state index is 11.8. The molecule has 0 unspecified atom stereocenters. The number of likely N-dealkylation sites (N-methyl/N-ethyl adjacent to an activating group) is 1. The van der Waals surface area contributed by atoms with Crippen molar-refractivity contribution in [3.63, 3.8) is 0 Å². The molecule has 1 heterocycles. The van der Waals surface area contributed by atoms with Gasteiger partial charge >= 0.3 is 6.09 Å². The molecule has 1 aliphatic rings. The number of benzene rings is 1. The Morgan fingerprint density at radius 1 is 1.18 bits per heavy atom. The number of ether oxygens (including phenoxy) is 1. The van der Waals surface area contributed by atoms with Gasteiger partial charge in [0.1, 0.15) is 5.75 Å². The van der Waals surface area contributed by atoms with Crippen molar-refractivity contribution in [2.45, 2.75) is 0 Å². The van der Waals surface area contributed by atoms with Crippen molar-refractivity contribution < 1.29 is 9.53 Å². The van der Waals surface area contributed by atoms with Crippen molar-refractivity contribution in [3.8, 4) is 5.75 Å². The lowest BCUT2D eigenvalue weighted by molar-refractivity contribution is 0.120. The van der Waals surface area contributed by atoms with Gasteiger partial charge < -0.3 is 14.5 Å². The highest BCUT2D eigenvalue weighted by Gasteiger charge is 2.20. The molecule has 5 heteroatoms. The summed E-state index contributed by atoms with van der Waals surface area (Å²) in [6.45, 7) is 3.19. The van der Waals surface area contributed by atoms with Crippen LogP contribution in [0.4, 0.5) is 4.79 Å². The zero-order valence-electron chi connectivity index (χ0n) is 9.73. The second kappa shape index (κ2) is 5.38. The van der Waals surface area contributed by atoms with Gasteiger partial charge in [0.15, 0.2) is 0 Å². The van der Waals surface area contributed by atoms with Crippen LogP contribution in [0.15, 0.2) is 24.3 Å². The molecule has 2 rings (SSSR count). The average Bonchev–Trinajstić information content (AvgIpc) is 2.33. The average molecular weight is 255 g/mol. The van der Waals surface area contributed by atoms with E-state index in [0.29, 0.717) is 23.9 Å². The van der Waals surface area contributed by atoms with E-state index in [-0.39, 0.29) is 6.09 Å². The van der Waals surface area contributed by atoms with Crippen LogP contribution < -0.4 is 4.74 Å². The Morgan fingerprint density at radius 2 is 1.76 bits per heavy atom. The quantitative estimate of drug-likeness (QED) is 0.769. The highest BCUT2D eigenvalue weighted by Crippen LogP contribution is 2.16. The third-order valence-electron chi connectivity index (χ3n) is 2.78. The minimum absolute atomic E-state index is 0.291. The largest absolute Gasteiger partial charge is 0.415 e. The molecular weight excluding hydrogens is 240 g/mol. The molecule has 0 aromatic heterocycles. The van der Waals surface area contributed by atoms with Gasteiger partial charge in [-0.05, 0) is 31.3 Å². The SMILES string of the molecule is CN1CCN(C(=O)Oc2ccc(Cl)cc2)CC1. The third kappa shape index (κ3) is 3.35. The minimum Gasteiger partial charge on any atom is -0.410 e. The Kier molecular flexibility index (Phi) is 3.86. The van der Waals surface area contributed by atoms with Crippen LogP contribution in [0.25, 0.3) is 0 Å². The van der Waals surface area contributed by atoms with E-state index < -0.39 is 0 Å². The normalized spacial score (nSPS) is 16.9. The fourth-order valence-corrected chi connectivity index (χ4v) is 1.78. The highest BCUT2D eigenvalue weighted by atomic mass is 35.5. The standard InChI is InChI=1S/C12H15ClN2O2/c1-14-6-8-15(9-7-14)12(16)17-11-4-2-10(13)3-5-11/h2-5H,6-9H2,1H3. The Hall–Kier alpha value is -1.26. The predicted molar refractivity (Wildman–Crippen MR) is 66.5 cm³/mol. The van der Waals surface area contributed by atoms with E-state index >= 15 is 0 Å². The van der Waals surface area contributed by atoms with Crippen molar-refractivity contribution in [2.24, 2.45) is 0 Å². The van der Waals surface area contributed by atoms with E-state index in [4.69, 9.17) is 16.3 Å². The van der Waals surface area contributed by atoms with Gasteiger partial charge in [0, 0.05) is 31.2 Å². The molecule has 0 bridgehead atoms. The molecule has 1 fully saturated rings. The molecule has 0 aliphatic carbocycles. The zero-order valence-corrected chi connectivity index (χ0v) is 10.5. The first-order chi connectivity index (χ1) is 8.15. The number of carbonyl (C=O) groups excluding carboxylic acids is 1. The number of hydrogen-bond acceptors (Lipinski definition) is 3. The summed E-state index contributed by atoms with van der Waals surface area (Å²) >= 11 is 5.76. The number of piperazine rings is 1. The first-order valence-corrected chi connectivity index (χ1v) is 5.94. The number of rotatable bonds is 1. The fourth-order valence-electron chi connectivity index (χ4n) is 1.66. The molecule has 1 saturated heterocycles. The Labute approximate surface area is 106 Å². The summed E-state index contributed by atoms with van der Waals surface area (Å²) in [5.74, 6) is 0.526. The number of nitrogens with zero attached hydrogens (tertiary/aromatic N) is 2. The van der Waals surface area contributed by atoms with Gasteiger partial charge in [-0.1, -0.05) is 11.6 Å². The topological polar surface area (TPSA) is 32.8 Å². The maximum absolute atomic E-state index is 11.8. The summed E-state index contributed by atoms with van der Waals surface area (Å²) in [5.41, 5.74) is 0. The van der Waals surface area contributed by atoms with Gasteiger partial charge in [-0.25, -0.2) is 4.79 Å². The van der Waals surface area contributed by atoms with Crippen LogP contribution in [-0.2, 0) is 0 Å². The molecule has 17 heavy (non-hydrogen) atoms. The third-order valence-corrected chi connectivity index (χ3v) is 3.03. The van der Waals surface area contributed by atoms with Crippen LogP contribution in [0.2, 0.25) is 5.02 Å². The summed E-state index contributed by atoms with van der Waals surface area (Å²) < 4.78 is 5.25. The van der Waals surface area contributed by atoms with E-state index in [0.717, 1.165) is 13.1 Å². The molecule has 0 atom stereocenters. The first-order valence-electron chi connectivity index (χ1n) is 5.56. The van der Waals surface area contributed by atoms with Gasteiger partial charge in [-0.2, -0.15) is 0 Å². The van der Waals surface area contributed by atoms with E-state index in [1.807, 2.05) is 7.05 Å². The Bertz CT molecular complexity index is 386. The molecule has 1 aromatic carbocycles. The second-order valence-electron chi connectivity index (χ2n) is 4.11. The smallest absolute Gasteiger partial charge is 0.410 e. The molecule has 92 valence electrons. The van der Waals surface area contributed by atoms with E-state index in [1.165, 1.54) is 0 Å². The van der Waals surface area contributed by atoms with Crippen molar-refractivity contribution >= 4 is 17.7 Å². The van der Waals surface area contributed by atoms with Crippen LogP contribution in [-0.4, -0.2) is 49.1 Å². The lowest BCUT2D eigenvalue weighted by Gasteiger charge is -2.31. The molecule has 0 spiro atoms. The molecule has 0 N–H and O–H groups in total. The second-order valence-corrected chi connectivity index (χ2v) is 4.55. The summed E-state index contributed by atoms with van der Waals surface area (Å²) in [6, 6.07) is 6.79. The van der Waals surface area contributed by atoms with E-state index in [9.17, 15) is 4.79 Å². The molecule has 1 amide bonds. The van der Waals surface area contributed by atoms with Crippen molar-refractivity contribution in [1.82, 2.24) is 9.80 Å². The summed E-state index contributed by atoms with van der Waals surface area (Å²) in [7, 11) is 2.04. The van der Waals surface area contributed by atoms with Crippen molar-refractivity contribution in [1.29, 1.82) is 0 Å². The van der Waals surface area contributed by atoms with Gasteiger partial charge in [0.25, 0.3) is 0 Å². The van der Waals surface area contributed by atoms with E-state index in [1.54, 1.807) is 29.2 Å². The number of halogens is 1. The summed E-state index contributed by atoms with van der Waals surface area (Å²) in [4.78, 5) is 15.7. The molecule has 1 aliphatic heterocycles. The van der Waals surface area contributed by atoms with Gasteiger partial charge in [0.05, 0.1) is 0 Å². The van der Waals surface area contributed by atoms with Crippen LogP contribution in [0.5, 0.6) is 5.75 Å². The Morgan fingerprint density at radius 3 is 2.35 bits per heavy atom. The van der Waals surface area contributed by atoms with Crippen molar-refractivity contribution in [3.05, 3.63) is 29.3 Å². The summed E-state index contributed by atoms with van der Waals surface area (Å²) in [5, 5.41) is 0.629. The van der Waals surface area contributed by atoms with Crippen molar-refractivity contribution in [2.75, 3.05) is 33.2 Å². The summed E-state index contributed by atoms with van der Waals surface area (Å²) in [6.07, 6.45) is -0.291. The fraction of sp³-hybridized carbons (Fsp3) is 0.417. The van der Waals surface area contributed by atoms with Crippen LogP contribution in [0.1, 0.15) is 0 Å². The maximum Gasteiger partial charge on any atom is 0.415 e. The van der Waals surface area contributed by atoms with Gasteiger partial charge in [-0.15, -0.1) is 0 Å². The predicted octanol–water partition coefficient (Wildman–Crippen LogP) is 2.09. The zero-order chi connectivity index (χ0) is 12.3. The molecule has 0 saturated carbocycles. The van der Waals surface area contributed by atoms with Crippen LogP contribution in [0.3, 0.4) is 0 Å². The molecule has 0 radical (unpaired) electrons. The van der Waals surface area contributed by atoms with Crippen LogP contribution in [0, 0.1) is 0 Å². The monoisotopic (exact) mass is 254 g/mol. The van der Waals surface area contributed by atoms with Crippen LogP contribution >= 0.6 is 11.6 Å². The lowest BCUT2D eigenvalue weighted by Crippen LogP contribution is -2.48. The van der Waals surface area contributed by atoms with E-state index in [2.05, 4.69) is 4.90 Å². The van der Waals surface area contributed by atoms with Gasteiger partial charge in [-0.3, -0.25) is 0 Å². The lowest BCUT2D eigenvalue weighted by atomic mass is 10.3. The molecule has 4 nitrogen and oxygen atoms in total. The number of amides is 1. The molecule has 1 aromatic rings. The Balaban J connectivity index is 1.90. The number of hydrogen-bond donors (Lipinski definition) is 0. The number of carbonyl (C=O) groups is 1. The highest BCUT2D eigenvalue weighted by molar-refractivity contribution is 6.30. The molecular formula is C12H15ClN2O2. The van der Waals surface area contributed by atoms with Gasteiger partial charge in [0.2, 0.25) is 0 Å².